The van der Waals surface area contributed by atoms with E-state index >= 15 is 0 Å². The molecule has 2 aromatic carbocycles. The molecule has 4 rings (SSSR count). The van der Waals surface area contributed by atoms with Gasteiger partial charge in [0.2, 0.25) is 15.9 Å². The topological polar surface area (TPSA) is 84.3 Å². The fourth-order valence-corrected chi connectivity index (χ4v) is 5.10. The zero-order valence-electron chi connectivity index (χ0n) is 18.2. The average Bonchev–Trinajstić information content (AvgIpc) is 3.34. The number of nitrogens with zero attached hydrogens (tertiary/aromatic N) is 3. The number of anilines is 1. The maximum absolute atomic E-state index is 12.5. The van der Waals surface area contributed by atoms with Gasteiger partial charge in [0.05, 0.1) is 15.9 Å². The van der Waals surface area contributed by atoms with Crippen LogP contribution in [0.1, 0.15) is 36.7 Å². The number of aromatic nitrogens is 2. The zero-order chi connectivity index (χ0) is 22.2. The second-order valence-corrected chi connectivity index (χ2v) is 10.2. The molecule has 0 spiro atoms. The molecule has 1 aliphatic rings. The molecule has 0 fully saturated rings. The van der Waals surface area contributed by atoms with Crippen LogP contribution in [-0.2, 0) is 40.6 Å². The van der Waals surface area contributed by atoms with Crippen LogP contribution in [0.15, 0.2) is 41.3 Å². The SMILES string of the molecule is CCn1c(CCC(=O)Nc2ccc3c(c2)CCC3)nc2cc(S(=O)(=O)N(C)C)ccc21. The van der Waals surface area contributed by atoms with Gasteiger partial charge in [0.25, 0.3) is 0 Å². The number of aryl methyl sites for hydroxylation is 4. The lowest BCUT2D eigenvalue weighted by molar-refractivity contribution is -0.116. The lowest BCUT2D eigenvalue weighted by Crippen LogP contribution is -2.22. The number of amides is 1. The number of benzene rings is 2. The van der Waals surface area contributed by atoms with Crippen molar-refractivity contribution in [2.24, 2.45) is 0 Å². The van der Waals surface area contributed by atoms with Gasteiger partial charge in [0, 0.05) is 39.2 Å². The van der Waals surface area contributed by atoms with E-state index in [9.17, 15) is 13.2 Å². The molecule has 0 saturated heterocycles. The first-order valence-electron chi connectivity index (χ1n) is 10.6. The Morgan fingerprint density at radius 1 is 1.13 bits per heavy atom. The molecule has 1 aromatic heterocycles. The zero-order valence-corrected chi connectivity index (χ0v) is 19.0. The van der Waals surface area contributed by atoms with Crippen molar-refractivity contribution >= 4 is 32.7 Å². The van der Waals surface area contributed by atoms with Crippen LogP contribution in [0.4, 0.5) is 5.69 Å². The fraction of sp³-hybridized carbons (Fsp3) is 0.391. The number of nitrogens with one attached hydrogen (secondary N) is 1. The Morgan fingerprint density at radius 3 is 2.65 bits per heavy atom. The van der Waals surface area contributed by atoms with Gasteiger partial charge in [0.15, 0.2) is 0 Å². The number of hydrogen-bond donors (Lipinski definition) is 1. The van der Waals surface area contributed by atoms with E-state index in [2.05, 4.69) is 22.4 Å². The van der Waals surface area contributed by atoms with Crippen molar-refractivity contribution in [2.45, 2.75) is 50.5 Å². The van der Waals surface area contributed by atoms with Crippen LogP contribution in [0.2, 0.25) is 0 Å². The molecule has 164 valence electrons. The number of sulfonamides is 1. The quantitative estimate of drug-likeness (QED) is 0.611. The normalized spacial score (nSPS) is 13.7. The third kappa shape index (κ3) is 4.22. The van der Waals surface area contributed by atoms with Gasteiger partial charge in [-0.05, 0) is 67.6 Å². The molecular formula is C23H28N4O3S. The Labute approximate surface area is 183 Å². The largest absolute Gasteiger partial charge is 0.328 e. The maximum atomic E-state index is 12.5. The number of imidazole rings is 1. The lowest BCUT2D eigenvalue weighted by atomic mass is 10.1. The van der Waals surface area contributed by atoms with Crippen molar-refractivity contribution in [3.8, 4) is 0 Å². The highest BCUT2D eigenvalue weighted by Crippen LogP contribution is 2.25. The molecule has 0 bridgehead atoms. The third-order valence-corrected chi connectivity index (χ3v) is 7.66. The summed E-state index contributed by atoms with van der Waals surface area (Å²) in [5.74, 6) is 0.726. The number of carbonyl (C=O) groups excluding carboxylic acids is 1. The molecule has 1 aliphatic carbocycles. The molecule has 7 nitrogen and oxygen atoms in total. The summed E-state index contributed by atoms with van der Waals surface area (Å²) in [6, 6.07) is 11.1. The Hall–Kier alpha value is -2.71. The van der Waals surface area contributed by atoms with Crippen molar-refractivity contribution in [1.82, 2.24) is 13.9 Å². The van der Waals surface area contributed by atoms with Crippen LogP contribution in [0, 0.1) is 0 Å². The molecule has 8 heteroatoms. The summed E-state index contributed by atoms with van der Waals surface area (Å²) in [7, 11) is -0.505. The van der Waals surface area contributed by atoms with Crippen LogP contribution in [0.25, 0.3) is 11.0 Å². The van der Waals surface area contributed by atoms with Crippen LogP contribution in [0.3, 0.4) is 0 Å². The summed E-state index contributed by atoms with van der Waals surface area (Å²) >= 11 is 0. The minimum absolute atomic E-state index is 0.0523. The van der Waals surface area contributed by atoms with E-state index in [4.69, 9.17) is 0 Å². The summed E-state index contributed by atoms with van der Waals surface area (Å²) in [5, 5.41) is 2.99. The van der Waals surface area contributed by atoms with Crippen molar-refractivity contribution < 1.29 is 13.2 Å². The summed E-state index contributed by atoms with van der Waals surface area (Å²) < 4.78 is 28.1. The highest BCUT2D eigenvalue weighted by atomic mass is 32.2. The van der Waals surface area contributed by atoms with Gasteiger partial charge in [-0.3, -0.25) is 4.79 Å². The first-order chi connectivity index (χ1) is 14.8. The van der Waals surface area contributed by atoms with Crippen LogP contribution >= 0.6 is 0 Å². The highest BCUT2D eigenvalue weighted by Gasteiger charge is 2.20. The van der Waals surface area contributed by atoms with Gasteiger partial charge in [-0.1, -0.05) is 6.07 Å². The second kappa shape index (κ2) is 8.43. The van der Waals surface area contributed by atoms with Crippen molar-refractivity contribution in [3.63, 3.8) is 0 Å². The predicted molar refractivity (Wildman–Crippen MR) is 122 cm³/mol. The fourth-order valence-electron chi connectivity index (χ4n) is 4.17. The maximum Gasteiger partial charge on any atom is 0.242 e. The Morgan fingerprint density at radius 2 is 1.90 bits per heavy atom. The Kier molecular flexibility index (Phi) is 5.85. The number of rotatable bonds is 7. The molecule has 1 amide bonds. The molecular weight excluding hydrogens is 412 g/mol. The van der Waals surface area contributed by atoms with E-state index in [1.165, 1.54) is 35.9 Å². The van der Waals surface area contributed by atoms with Crippen molar-refractivity contribution in [2.75, 3.05) is 19.4 Å². The minimum atomic E-state index is -3.52. The monoisotopic (exact) mass is 440 g/mol. The number of fused-ring (bicyclic) bond motifs is 2. The summed E-state index contributed by atoms with van der Waals surface area (Å²) in [6.45, 7) is 2.71. The van der Waals surface area contributed by atoms with Gasteiger partial charge in [-0.25, -0.2) is 17.7 Å². The molecule has 1 N–H and O–H groups in total. The Bertz CT molecular complexity index is 1250. The van der Waals surface area contributed by atoms with E-state index in [-0.39, 0.29) is 10.8 Å². The lowest BCUT2D eigenvalue weighted by Gasteiger charge is -2.11. The van der Waals surface area contributed by atoms with Crippen molar-refractivity contribution in [1.29, 1.82) is 0 Å². The van der Waals surface area contributed by atoms with Gasteiger partial charge in [-0.2, -0.15) is 0 Å². The van der Waals surface area contributed by atoms with Gasteiger partial charge in [-0.15, -0.1) is 0 Å². The smallest absolute Gasteiger partial charge is 0.242 e. The number of carbonyl (C=O) groups is 1. The summed E-state index contributed by atoms with van der Waals surface area (Å²) in [4.78, 5) is 17.4. The number of hydrogen-bond acceptors (Lipinski definition) is 4. The van der Waals surface area contributed by atoms with E-state index in [0.717, 1.165) is 29.9 Å². The van der Waals surface area contributed by atoms with E-state index in [0.29, 0.717) is 24.9 Å². The molecule has 0 radical (unpaired) electrons. The molecule has 31 heavy (non-hydrogen) atoms. The van der Waals surface area contributed by atoms with Crippen LogP contribution in [-0.4, -0.2) is 42.3 Å². The standard InChI is InChI=1S/C23H28N4O3S/c1-4-27-21-11-10-19(31(29,30)26(2)3)15-20(21)25-22(27)12-13-23(28)24-18-9-8-16-6-5-7-17(16)14-18/h8-11,14-15H,4-7,12-13H2,1-3H3,(H,24,28). The first kappa shape index (κ1) is 21.5. The molecule has 0 saturated carbocycles. The van der Waals surface area contributed by atoms with Gasteiger partial charge < -0.3 is 9.88 Å². The third-order valence-electron chi connectivity index (χ3n) is 5.85. The van der Waals surface area contributed by atoms with Gasteiger partial charge >= 0.3 is 0 Å². The summed E-state index contributed by atoms with van der Waals surface area (Å²) in [6.07, 6.45) is 4.16. The summed E-state index contributed by atoms with van der Waals surface area (Å²) in [5.41, 5.74) is 5.04. The molecule has 0 unspecified atom stereocenters. The minimum Gasteiger partial charge on any atom is -0.328 e. The predicted octanol–water partition coefficient (Wildman–Crippen LogP) is 3.37. The van der Waals surface area contributed by atoms with Crippen molar-refractivity contribution in [3.05, 3.63) is 53.3 Å². The van der Waals surface area contributed by atoms with E-state index in [1.54, 1.807) is 18.2 Å². The molecule has 0 atom stereocenters. The highest BCUT2D eigenvalue weighted by molar-refractivity contribution is 7.89. The molecule has 3 aromatic rings. The molecule has 0 aliphatic heterocycles. The second-order valence-electron chi connectivity index (χ2n) is 8.10. The van der Waals surface area contributed by atoms with E-state index in [1.807, 2.05) is 17.6 Å². The van der Waals surface area contributed by atoms with Gasteiger partial charge in [0.1, 0.15) is 5.82 Å². The van der Waals surface area contributed by atoms with Crippen LogP contribution < -0.4 is 5.32 Å². The Balaban J connectivity index is 1.50. The first-order valence-corrected chi connectivity index (χ1v) is 12.1. The average molecular weight is 441 g/mol. The molecule has 1 heterocycles. The van der Waals surface area contributed by atoms with E-state index < -0.39 is 10.0 Å². The van der Waals surface area contributed by atoms with Crippen LogP contribution in [0.5, 0.6) is 0 Å².